The van der Waals surface area contributed by atoms with Crippen molar-refractivity contribution in [2.24, 2.45) is 0 Å². The molecule has 4 rings (SSSR count). The van der Waals surface area contributed by atoms with Gasteiger partial charge in [-0.05, 0) is 49.4 Å². The highest BCUT2D eigenvalue weighted by Crippen LogP contribution is 2.25. The van der Waals surface area contributed by atoms with Gasteiger partial charge in [0.15, 0.2) is 0 Å². The first-order valence-electron chi connectivity index (χ1n) is 10.7. The maximum Gasteiger partial charge on any atom is 0.317 e. The minimum absolute atomic E-state index is 0.0201. The summed E-state index contributed by atoms with van der Waals surface area (Å²) in [6.07, 6.45) is 9.08. The number of urea groups is 1. The van der Waals surface area contributed by atoms with Gasteiger partial charge in [-0.1, -0.05) is 6.07 Å². The predicted molar refractivity (Wildman–Crippen MR) is 112 cm³/mol. The van der Waals surface area contributed by atoms with Gasteiger partial charge in [-0.2, -0.15) is 0 Å². The maximum atomic E-state index is 12.5. The Morgan fingerprint density at radius 2 is 2.03 bits per heavy atom. The molecule has 0 saturated carbocycles. The van der Waals surface area contributed by atoms with Gasteiger partial charge >= 0.3 is 6.03 Å². The third kappa shape index (κ3) is 5.29. The Labute approximate surface area is 172 Å². The second-order valence-electron chi connectivity index (χ2n) is 8.07. The first-order chi connectivity index (χ1) is 14.2. The van der Waals surface area contributed by atoms with Crippen molar-refractivity contribution in [2.75, 3.05) is 39.3 Å². The molecule has 1 N–H and O–H groups in total. The van der Waals surface area contributed by atoms with Gasteiger partial charge in [-0.3, -0.25) is 4.90 Å². The summed E-state index contributed by atoms with van der Waals surface area (Å²) in [4.78, 5) is 20.8. The van der Waals surface area contributed by atoms with Crippen LogP contribution in [0.25, 0.3) is 0 Å². The number of fused-ring (bicyclic) bond motifs is 1. The van der Waals surface area contributed by atoms with Gasteiger partial charge in [0.05, 0.1) is 6.33 Å². The van der Waals surface area contributed by atoms with Gasteiger partial charge in [0, 0.05) is 57.7 Å². The molecule has 1 aromatic carbocycles. The number of piperazine rings is 1. The van der Waals surface area contributed by atoms with E-state index in [1.807, 2.05) is 22.6 Å². The Balaban J connectivity index is 1.14. The zero-order valence-corrected chi connectivity index (χ0v) is 17.2. The molecule has 0 bridgehead atoms. The van der Waals surface area contributed by atoms with E-state index >= 15 is 0 Å². The van der Waals surface area contributed by atoms with Crippen molar-refractivity contribution in [1.29, 1.82) is 0 Å². The monoisotopic (exact) mass is 397 g/mol. The molecule has 0 unspecified atom stereocenters. The molecule has 2 aliphatic rings. The lowest BCUT2D eigenvalue weighted by molar-refractivity contribution is 0.124. The average molecular weight is 398 g/mol. The number of ether oxygens (including phenoxy) is 1. The lowest BCUT2D eigenvalue weighted by Gasteiger charge is -2.35. The van der Waals surface area contributed by atoms with Crippen LogP contribution in [0.15, 0.2) is 36.9 Å². The normalized spacial score (nSPS) is 17.8. The van der Waals surface area contributed by atoms with E-state index in [0.29, 0.717) is 6.61 Å². The van der Waals surface area contributed by atoms with E-state index in [9.17, 15) is 4.79 Å². The highest BCUT2D eigenvalue weighted by Gasteiger charge is 2.22. The van der Waals surface area contributed by atoms with Crippen LogP contribution >= 0.6 is 0 Å². The van der Waals surface area contributed by atoms with E-state index in [1.54, 1.807) is 12.5 Å². The summed E-state index contributed by atoms with van der Waals surface area (Å²) in [5, 5.41) is 3.08. The number of rotatable bonds is 7. The Hall–Kier alpha value is -2.54. The number of nitrogens with zero attached hydrogens (tertiary/aromatic N) is 4. The number of aryl methyl sites for hydroxylation is 2. The molecule has 1 aliphatic heterocycles. The summed E-state index contributed by atoms with van der Waals surface area (Å²) in [5.41, 5.74) is 2.93. The van der Waals surface area contributed by atoms with E-state index in [4.69, 9.17) is 4.74 Å². The number of hydrogen-bond donors (Lipinski definition) is 1. The van der Waals surface area contributed by atoms with Crippen LogP contribution in [0.5, 0.6) is 5.75 Å². The van der Waals surface area contributed by atoms with Crippen LogP contribution in [0, 0.1) is 0 Å². The van der Waals surface area contributed by atoms with E-state index in [-0.39, 0.29) is 12.1 Å². The molecular weight excluding hydrogens is 366 g/mol. The molecular formula is C22H31N5O2. The minimum atomic E-state index is 0.0201. The van der Waals surface area contributed by atoms with Gasteiger partial charge in [0.1, 0.15) is 12.4 Å². The van der Waals surface area contributed by atoms with E-state index < -0.39 is 0 Å². The van der Waals surface area contributed by atoms with Crippen LogP contribution in [0.1, 0.15) is 24.5 Å². The Bertz CT molecular complexity index is 800. The smallest absolute Gasteiger partial charge is 0.317 e. The first kappa shape index (κ1) is 19.8. The number of aromatic nitrogens is 2. The summed E-state index contributed by atoms with van der Waals surface area (Å²) in [5.74, 6) is 0.982. The number of hydrogen-bond acceptors (Lipinski definition) is 4. The molecule has 1 atom stereocenters. The highest BCUT2D eigenvalue weighted by molar-refractivity contribution is 5.74. The van der Waals surface area contributed by atoms with Crippen LogP contribution in [0.2, 0.25) is 0 Å². The van der Waals surface area contributed by atoms with E-state index in [0.717, 1.165) is 45.0 Å². The predicted octanol–water partition coefficient (Wildman–Crippen LogP) is 2.17. The topological polar surface area (TPSA) is 62.6 Å². The van der Waals surface area contributed by atoms with E-state index in [2.05, 4.69) is 33.4 Å². The maximum absolute atomic E-state index is 12.5. The number of carbonyl (C=O) groups is 1. The lowest BCUT2D eigenvalue weighted by Crippen LogP contribution is -2.54. The molecule has 29 heavy (non-hydrogen) atoms. The fourth-order valence-electron chi connectivity index (χ4n) is 4.16. The first-order valence-corrected chi connectivity index (χ1v) is 10.7. The minimum Gasteiger partial charge on any atom is -0.492 e. The second-order valence-corrected chi connectivity index (χ2v) is 8.07. The molecule has 7 nitrogen and oxygen atoms in total. The molecule has 2 heterocycles. The molecule has 1 aromatic heterocycles. The summed E-state index contributed by atoms with van der Waals surface area (Å²) in [6, 6.07) is 6.60. The van der Waals surface area contributed by atoms with Crippen molar-refractivity contribution >= 4 is 6.03 Å². The van der Waals surface area contributed by atoms with Crippen molar-refractivity contribution in [2.45, 2.75) is 38.8 Å². The molecule has 1 saturated heterocycles. The van der Waals surface area contributed by atoms with E-state index in [1.165, 1.54) is 30.4 Å². The zero-order chi connectivity index (χ0) is 20.1. The van der Waals surface area contributed by atoms with Crippen molar-refractivity contribution in [3.8, 4) is 5.75 Å². The Kier molecular flexibility index (Phi) is 6.34. The fourth-order valence-corrected chi connectivity index (χ4v) is 4.16. The SMILES string of the molecule is C[C@@H](Cn1ccnc1)NC(=O)N1CCN(CCOc2ccc3c(c2)CCC3)CC1. The third-order valence-corrected chi connectivity index (χ3v) is 5.82. The number of carbonyl (C=O) groups excluding carboxylic acids is 1. The van der Waals surface area contributed by atoms with Gasteiger partial charge in [-0.15, -0.1) is 0 Å². The molecule has 2 aromatic rings. The fraction of sp³-hybridized carbons (Fsp3) is 0.545. The van der Waals surface area contributed by atoms with Gasteiger partial charge in [0.25, 0.3) is 0 Å². The molecule has 1 fully saturated rings. The quantitative estimate of drug-likeness (QED) is 0.778. The van der Waals surface area contributed by atoms with Gasteiger partial charge < -0.3 is 19.5 Å². The largest absolute Gasteiger partial charge is 0.492 e. The van der Waals surface area contributed by atoms with Crippen molar-refractivity contribution in [3.05, 3.63) is 48.0 Å². The number of amides is 2. The van der Waals surface area contributed by atoms with Crippen molar-refractivity contribution < 1.29 is 9.53 Å². The molecule has 2 amide bonds. The molecule has 0 spiro atoms. The van der Waals surface area contributed by atoms with Crippen LogP contribution in [-0.2, 0) is 19.4 Å². The Morgan fingerprint density at radius 3 is 2.83 bits per heavy atom. The van der Waals surface area contributed by atoms with Crippen LogP contribution in [-0.4, -0.2) is 70.8 Å². The molecule has 1 aliphatic carbocycles. The van der Waals surface area contributed by atoms with Gasteiger partial charge in [0.2, 0.25) is 0 Å². The summed E-state index contributed by atoms with van der Waals surface area (Å²) in [7, 11) is 0. The number of benzene rings is 1. The van der Waals surface area contributed by atoms with Crippen molar-refractivity contribution in [1.82, 2.24) is 24.7 Å². The third-order valence-electron chi connectivity index (χ3n) is 5.82. The molecule has 0 radical (unpaired) electrons. The van der Waals surface area contributed by atoms with Gasteiger partial charge in [-0.25, -0.2) is 9.78 Å². The molecule has 7 heteroatoms. The summed E-state index contributed by atoms with van der Waals surface area (Å²) in [6.45, 7) is 7.60. The zero-order valence-electron chi connectivity index (χ0n) is 17.2. The van der Waals surface area contributed by atoms with Crippen LogP contribution in [0.3, 0.4) is 0 Å². The van der Waals surface area contributed by atoms with Crippen LogP contribution < -0.4 is 10.1 Å². The molecule has 156 valence electrons. The average Bonchev–Trinajstić information content (AvgIpc) is 3.39. The number of imidazole rings is 1. The lowest BCUT2D eigenvalue weighted by atomic mass is 10.1. The standard InChI is InChI=1S/C22H31N5O2/c1-18(16-26-8-7-23-17-26)24-22(28)27-11-9-25(10-12-27)13-14-29-21-6-5-19-3-2-4-20(19)15-21/h5-8,15,17-18H,2-4,9-14,16H2,1H3,(H,24,28)/t18-/m0/s1. The summed E-state index contributed by atoms with van der Waals surface area (Å²) < 4.78 is 7.94. The second kappa shape index (κ2) is 9.31. The Morgan fingerprint density at radius 1 is 1.21 bits per heavy atom. The van der Waals surface area contributed by atoms with Crippen molar-refractivity contribution in [3.63, 3.8) is 0 Å². The van der Waals surface area contributed by atoms with Crippen LogP contribution in [0.4, 0.5) is 4.79 Å². The summed E-state index contributed by atoms with van der Waals surface area (Å²) >= 11 is 0. The highest BCUT2D eigenvalue weighted by atomic mass is 16.5. The number of nitrogens with one attached hydrogen (secondary N) is 1.